The molecule has 0 unspecified atom stereocenters. The first-order chi connectivity index (χ1) is 10.4. The molecule has 1 fully saturated rings. The predicted octanol–water partition coefficient (Wildman–Crippen LogP) is 7.86. The summed E-state index contributed by atoms with van der Waals surface area (Å²) in [6.07, 6.45) is 27.8. The van der Waals surface area contributed by atoms with Gasteiger partial charge in [-0.05, 0) is 5.92 Å². The first-order valence-electron chi connectivity index (χ1n) is 10.2. The standard InChI is InChI=1S/C21H41/c1-2-3-15-18-21-19-16-13-11-9-7-5-4-6-8-10-12-14-17-20-21/h21H,1-20H2. The van der Waals surface area contributed by atoms with Crippen LogP contribution in [0.15, 0.2) is 0 Å². The minimum atomic E-state index is 1.03. The van der Waals surface area contributed by atoms with E-state index >= 15 is 0 Å². The molecule has 0 saturated heterocycles. The van der Waals surface area contributed by atoms with E-state index in [9.17, 15) is 0 Å². The van der Waals surface area contributed by atoms with Crippen LogP contribution in [0.1, 0.15) is 122 Å². The van der Waals surface area contributed by atoms with Crippen molar-refractivity contribution in [1.29, 1.82) is 0 Å². The van der Waals surface area contributed by atoms with E-state index in [0.717, 1.165) is 12.3 Å². The van der Waals surface area contributed by atoms with Crippen LogP contribution in [0.5, 0.6) is 0 Å². The van der Waals surface area contributed by atoms with Crippen LogP contribution in [-0.4, -0.2) is 0 Å². The average molecular weight is 294 g/mol. The molecule has 21 heavy (non-hydrogen) atoms. The van der Waals surface area contributed by atoms with E-state index in [-0.39, 0.29) is 0 Å². The lowest BCUT2D eigenvalue weighted by Gasteiger charge is -2.17. The minimum absolute atomic E-state index is 1.03. The summed E-state index contributed by atoms with van der Waals surface area (Å²) < 4.78 is 0. The minimum Gasteiger partial charge on any atom is -0.0533 e. The molecule has 0 bridgehead atoms. The summed E-state index contributed by atoms with van der Waals surface area (Å²) in [6.45, 7) is 3.99. The van der Waals surface area contributed by atoms with Crippen LogP contribution in [0.25, 0.3) is 0 Å². The normalized spacial score (nSPS) is 22.1. The molecule has 0 heteroatoms. The molecule has 1 rings (SSSR count). The van der Waals surface area contributed by atoms with Gasteiger partial charge in [-0.2, -0.15) is 0 Å². The Bertz CT molecular complexity index is 180. The largest absolute Gasteiger partial charge is 0.0533 e. The highest BCUT2D eigenvalue weighted by atomic mass is 14.1. The van der Waals surface area contributed by atoms with Crippen molar-refractivity contribution in [2.75, 3.05) is 0 Å². The van der Waals surface area contributed by atoms with Crippen molar-refractivity contribution in [3.63, 3.8) is 0 Å². The summed E-state index contributed by atoms with van der Waals surface area (Å²) in [5.74, 6) is 1.03. The lowest BCUT2D eigenvalue weighted by Crippen LogP contribution is -2.01. The van der Waals surface area contributed by atoms with Crippen molar-refractivity contribution in [2.45, 2.75) is 122 Å². The van der Waals surface area contributed by atoms with Crippen LogP contribution >= 0.6 is 0 Å². The Balaban J connectivity index is 2.21. The molecule has 0 amide bonds. The van der Waals surface area contributed by atoms with E-state index in [4.69, 9.17) is 0 Å². The molecule has 0 spiro atoms. The fourth-order valence-electron chi connectivity index (χ4n) is 3.85. The first kappa shape index (κ1) is 19.0. The average Bonchev–Trinajstić information content (AvgIpc) is 2.49. The summed E-state index contributed by atoms with van der Waals surface area (Å²) >= 11 is 0. The monoisotopic (exact) mass is 293 g/mol. The molecule has 1 radical (unpaired) electrons. The molecule has 125 valence electrons. The fraction of sp³-hybridized carbons (Fsp3) is 0.952. The number of hydrogen-bond acceptors (Lipinski definition) is 0. The number of hydrogen-bond donors (Lipinski definition) is 0. The van der Waals surface area contributed by atoms with Crippen LogP contribution in [0.4, 0.5) is 0 Å². The molecule has 0 atom stereocenters. The SMILES string of the molecule is [CH2]CCCCC1CCCCCCCCCCCCCCC1. The quantitative estimate of drug-likeness (QED) is 0.463. The summed E-state index contributed by atoms with van der Waals surface area (Å²) in [5.41, 5.74) is 0. The maximum absolute atomic E-state index is 3.99. The first-order valence-corrected chi connectivity index (χ1v) is 10.2. The molecular formula is C21H41. The van der Waals surface area contributed by atoms with Gasteiger partial charge in [-0.3, -0.25) is 0 Å². The second-order valence-electron chi connectivity index (χ2n) is 7.39. The van der Waals surface area contributed by atoms with Crippen LogP contribution in [0.2, 0.25) is 0 Å². The number of rotatable bonds is 4. The smallest absolute Gasteiger partial charge is 0.0414 e. The van der Waals surface area contributed by atoms with Gasteiger partial charge in [-0.15, -0.1) is 0 Å². The van der Waals surface area contributed by atoms with Gasteiger partial charge in [0.2, 0.25) is 0 Å². The Hall–Kier alpha value is 0. The van der Waals surface area contributed by atoms with E-state index in [0.29, 0.717) is 0 Å². The second-order valence-corrected chi connectivity index (χ2v) is 7.39. The van der Waals surface area contributed by atoms with E-state index < -0.39 is 0 Å². The third-order valence-electron chi connectivity index (χ3n) is 5.34. The van der Waals surface area contributed by atoms with Gasteiger partial charge in [0, 0.05) is 0 Å². The molecule has 0 aliphatic heterocycles. The van der Waals surface area contributed by atoms with E-state index in [1.165, 1.54) is 116 Å². The Labute approximate surface area is 135 Å². The highest BCUT2D eigenvalue weighted by Gasteiger charge is 2.08. The van der Waals surface area contributed by atoms with Crippen LogP contribution in [-0.2, 0) is 0 Å². The maximum Gasteiger partial charge on any atom is -0.0414 e. The third-order valence-corrected chi connectivity index (χ3v) is 5.34. The number of unbranched alkanes of at least 4 members (excludes halogenated alkanes) is 2. The van der Waals surface area contributed by atoms with Gasteiger partial charge in [-0.1, -0.05) is 129 Å². The zero-order chi connectivity index (χ0) is 15.0. The van der Waals surface area contributed by atoms with Gasteiger partial charge < -0.3 is 0 Å². The highest BCUT2D eigenvalue weighted by molar-refractivity contribution is 4.62. The topological polar surface area (TPSA) is 0 Å². The molecule has 0 aromatic rings. The zero-order valence-corrected chi connectivity index (χ0v) is 14.7. The van der Waals surface area contributed by atoms with Crippen LogP contribution in [0.3, 0.4) is 0 Å². The highest BCUT2D eigenvalue weighted by Crippen LogP contribution is 2.24. The molecule has 0 aromatic heterocycles. The Morgan fingerprint density at radius 3 is 1.29 bits per heavy atom. The summed E-state index contributed by atoms with van der Waals surface area (Å²) in [4.78, 5) is 0. The summed E-state index contributed by atoms with van der Waals surface area (Å²) in [7, 11) is 0. The van der Waals surface area contributed by atoms with E-state index in [1.54, 1.807) is 0 Å². The maximum atomic E-state index is 3.99. The lowest BCUT2D eigenvalue weighted by molar-refractivity contribution is 0.367. The molecule has 1 aliphatic carbocycles. The van der Waals surface area contributed by atoms with Gasteiger partial charge in [-0.25, -0.2) is 0 Å². The molecule has 1 saturated carbocycles. The van der Waals surface area contributed by atoms with E-state index in [2.05, 4.69) is 6.92 Å². The van der Waals surface area contributed by atoms with Crippen molar-refractivity contribution in [3.8, 4) is 0 Å². The van der Waals surface area contributed by atoms with Gasteiger partial charge in [0.1, 0.15) is 0 Å². The van der Waals surface area contributed by atoms with Gasteiger partial charge >= 0.3 is 0 Å². The zero-order valence-electron chi connectivity index (χ0n) is 14.7. The fourth-order valence-corrected chi connectivity index (χ4v) is 3.85. The van der Waals surface area contributed by atoms with Crippen molar-refractivity contribution in [3.05, 3.63) is 6.92 Å². The van der Waals surface area contributed by atoms with Crippen LogP contribution in [0, 0.1) is 12.8 Å². The molecule has 0 aromatic carbocycles. The Morgan fingerprint density at radius 1 is 0.524 bits per heavy atom. The van der Waals surface area contributed by atoms with E-state index in [1.807, 2.05) is 0 Å². The van der Waals surface area contributed by atoms with Crippen molar-refractivity contribution in [1.82, 2.24) is 0 Å². The van der Waals surface area contributed by atoms with Crippen LogP contribution < -0.4 is 0 Å². The van der Waals surface area contributed by atoms with Gasteiger partial charge in [0.25, 0.3) is 0 Å². The molecular weight excluding hydrogens is 252 g/mol. The Morgan fingerprint density at radius 2 is 0.905 bits per heavy atom. The predicted molar refractivity (Wildman–Crippen MR) is 96.6 cm³/mol. The third kappa shape index (κ3) is 12.2. The second kappa shape index (κ2) is 14.9. The Kier molecular flexibility index (Phi) is 13.5. The van der Waals surface area contributed by atoms with Gasteiger partial charge in [0.05, 0.1) is 0 Å². The summed E-state index contributed by atoms with van der Waals surface area (Å²) in [5, 5.41) is 0. The summed E-state index contributed by atoms with van der Waals surface area (Å²) in [6, 6.07) is 0. The molecule has 0 nitrogen and oxygen atoms in total. The van der Waals surface area contributed by atoms with Crippen molar-refractivity contribution in [2.24, 2.45) is 5.92 Å². The molecule has 0 N–H and O–H groups in total. The van der Waals surface area contributed by atoms with Crippen molar-refractivity contribution < 1.29 is 0 Å². The molecule has 1 aliphatic rings. The van der Waals surface area contributed by atoms with Gasteiger partial charge in [0.15, 0.2) is 0 Å². The molecule has 0 heterocycles. The van der Waals surface area contributed by atoms with Crippen molar-refractivity contribution >= 4 is 0 Å². The lowest BCUT2D eigenvalue weighted by atomic mass is 9.89.